The van der Waals surface area contributed by atoms with E-state index in [1.807, 2.05) is 47.8 Å². The van der Waals surface area contributed by atoms with Crippen LogP contribution in [0.25, 0.3) is 9.75 Å². The molecule has 3 aromatic rings. The molecule has 0 fully saturated rings. The number of halogens is 1. The molecule has 1 amide bonds. The van der Waals surface area contributed by atoms with Gasteiger partial charge in [0.25, 0.3) is 0 Å². The van der Waals surface area contributed by atoms with Crippen LogP contribution >= 0.6 is 34.3 Å². The van der Waals surface area contributed by atoms with Gasteiger partial charge in [-0.25, -0.2) is 0 Å². The predicted molar refractivity (Wildman–Crippen MR) is 105 cm³/mol. The lowest BCUT2D eigenvalue weighted by Gasteiger charge is -2.10. The van der Waals surface area contributed by atoms with E-state index < -0.39 is 6.10 Å². The Morgan fingerprint density at radius 1 is 1.16 bits per heavy atom. The Morgan fingerprint density at radius 2 is 2.04 bits per heavy atom. The minimum atomic E-state index is -0.686. The number of nitrogens with one attached hydrogen (secondary N) is 1. The maximum absolute atomic E-state index is 12.0. The van der Waals surface area contributed by atoms with Gasteiger partial charge in [-0.1, -0.05) is 29.8 Å². The SMILES string of the molecule is O=C(CCc1cccc(Cl)c1)NCC(O)c1ccc(-c2cccs2)s1. The first-order chi connectivity index (χ1) is 12.1. The molecule has 0 saturated carbocycles. The fourth-order valence-corrected chi connectivity index (χ4v) is 4.47. The third-order valence-corrected chi connectivity index (χ3v) is 6.23. The van der Waals surface area contributed by atoms with Crippen LogP contribution < -0.4 is 5.32 Å². The van der Waals surface area contributed by atoms with E-state index in [0.29, 0.717) is 17.9 Å². The Labute approximate surface area is 159 Å². The molecule has 0 spiro atoms. The number of aryl methyl sites for hydroxylation is 1. The van der Waals surface area contributed by atoms with Gasteiger partial charge in [0.15, 0.2) is 0 Å². The molecule has 2 aromatic heterocycles. The second-order valence-electron chi connectivity index (χ2n) is 5.63. The van der Waals surface area contributed by atoms with Crippen LogP contribution in [0.1, 0.15) is 23.0 Å². The van der Waals surface area contributed by atoms with Crippen LogP contribution in [0.4, 0.5) is 0 Å². The second kappa shape index (κ2) is 8.63. The van der Waals surface area contributed by atoms with Crippen molar-refractivity contribution in [3.05, 3.63) is 69.4 Å². The van der Waals surface area contributed by atoms with Gasteiger partial charge < -0.3 is 10.4 Å². The zero-order valence-corrected chi connectivity index (χ0v) is 15.8. The van der Waals surface area contributed by atoms with Crippen LogP contribution in [0.5, 0.6) is 0 Å². The van der Waals surface area contributed by atoms with Gasteiger partial charge in [0.2, 0.25) is 5.91 Å². The highest BCUT2D eigenvalue weighted by molar-refractivity contribution is 7.21. The quantitative estimate of drug-likeness (QED) is 0.601. The van der Waals surface area contributed by atoms with E-state index in [1.165, 1.54) is 4.88 Å². The largest absolute Gasteiger partial charge is 0.386 e. The van der Waals surface area contributed by atoms with Crippen LogP contribution in [-0.2, 0) is 11.2 Å². The zero-order chi connectivity index (χ0) is 17.6. The summed E-state index contributed by atoms with van der Waals surface area (Å²) < 4.78 is 0. The lowest BCUT2D eigenvalue weighted by Crippen LogP contribution is -2.28. The van der Waals surface area contributed by atoms with Crippen LogP contribution in [0.2, 0.25) is 5.02 Å². The Hall–Kier alpha value is -1.66. The fourth-order valence-electron chi connectivity index (χ4n) is 2.43. The van der Waals surface area contributed by atoms with Crippen LogP contribution in [0, 0.1) is 0 Å². The Morgan fingerprint density at radius 3 is 2.80 bits per heavy atom. The van der Waals surface area contributed by atoms with Gasteiger partial charge in [0.1, 0.15) is 6.10 Å². The van der Waals surface area contributed by atoms with Gasteiger partial charge in [0, 0.05) is 32.6 Å². The van der Waals surface area contributed by atoms with E-state index in [9.17, 15) is 9.90 Å². The van der Waals surface area contributed by atoms with Crippen LogP contribution in [-0.4, -0.2) is 17.6 Å². The van der Waals surface area contributed by atoms with Crippen molar-refractivity contribution in [3.63, 3.8) is 0 Å². The minimum absolute atomic E-state index is 0.0749. The van der Waals surface area contributed by atoms with E-state index in [0.717, 1.165) is 15.3 Å². The van der Waals surface area contributed by atoms with Gasteiger partial charge >= 0.3 is 0 Å². The highest BCUT2D eigenvalue weighted by Crippen LogP contribution is 2.33. The van der Waals surface area contributed by atoms with Crippen LogP contribution in [0.15, 0.2) is 53.9 Å². The molecule has 25 heavy (non-hydrogen) atoms. The van der Waals surface area contributed by atoms with Gasteiger partial charge in [-0.15, -0.1) is 22.7 Å². The molecule has 2 N–H and O–H groups in total. The number of amides is 1. The number of benzene rings is 1. The summed E-state index contributed by atoms with van der Waals surface area (Å²) in [6, 6.07) is 15.5. The first-order valence-electron chi connectivity index (χ1n) is 7.94. The molecule has 2 heterocycles. The van der Waals surface area contributed by atoms with Gasteiger partial charge in [-0.3, -0.25) is 4.79 Å². The minimum Gasteiger partial charge on any atom is -0.386 e. The zero-order valence-electron chi connectivity index (χ0n) is 13.4. The normalized spacial score (nSPS) is 12.1. The van der Waals surface area contributed by atoms with Crippen molar-refractivity contribution >= 4 is 40.2 Å². The highest BCUT2D eigenvalue weighted by atomic mass is 35.5. The number of thiophene rings is 2. The molecule has 1 atom stereocenters. The van der Waals surface area contributed by atoms with Crippen molar-refractivity contribution in [2.75, 3.05) is 6.54 Å². The molecule has 130 valence electrons. The maximum Gasteiger partial charge on any atom is 0.220 e. The summed E-state index contributed by atoms with van der Waals surface area (Å²) in [4.78, 5) is 15.2. The summed E-state index contributed by atoms with van der Waals surface area (Å²) >= 11 is 9.17. The molecule has 0 aliphatic heterocycles. The standard InChI is InChI=1S/C19H18ClNO2S2/c20-14-4-1-3-13(11-14)6-9-19(23)21-12-15(22)16-7-8-18(25-16)17-5-2-10-24-17/h1-5,7-8,10-11,15,22H,6,9,12H2,(H,21,23). The van der Waals surface area contributed by atoms with E-state index in [4.69, 9.17) is 11.6 Å². The molecular formula is C19H18ClNO2S2. The molecule has 0 radical (unpaired) electrons. The first kappa shape index (κ1) is 18.1. The second-order valence-corrected chi connectivity index (χ2v) is 8.13. The van der Waals surface area contributed by atoms with Crippen LogP contribution in [0.3, 0.4) is 0 Å². The summed E-state index contributed by atoms with van der Waals surface area (Å²) in [6.45, 7) is 0.221. The molecule has 3 rings (SSSR count). The molecule has 1 unspecified atom stereocenters. The molecule has 0 saturated heterocycles. The summed E-state index contributed by atoms with van der Waals surface area (Å²) in [7, 11) is 0. The van der Waals surface area contributed by atoms with E-state index >= 15 is 0 Å². The molecule has 1 aromatic carbocycles. The smallest absolute Gasteiger partial charge is 0.220 e. The Bertz CT molecular complexity index is 830. The van der Waals surface area contributed by atoms with Crippen molar-refractivity contribution < 1.29 is 9.90 Å². The number of hydrogen-bond donors (Lipinski definition) is 2. The maximum atomic E-state index is 12.0. The lowest BCUT2D eigenvalue weighted by molar-refractivity contribution is -0.121. The first-order valence-corrected chi connectivity index (χ1v) is 10.0. The van der Waals surface area contributed by atoms with Crippen molar-refractivity contribution in [1.82, 2.24) is 5.32 Å². The average molecular weight is 392 g/mol. The monoisotopic (exact) mass is 391 g/mol. The van der Waals surface area contributed by atoms with E-state index in [1.54, 1.807) is 22.7 Å². The molecular weight excluding hydrogens is 374 g/mol. The number of aliphatic hydroxyl groups is 1. The third kappa shape index (κ3) is 5.16. The summed E-state index contributed by atoms with van der Waals surface area (Å²) in [5, 5.41) is 15.8. The van der Waals surface area contributed by atoms with Gasteiger partial charge in [-0.2, -0.15) is 0 Å². The number of hydrogen-bond acceptors (Lipinski definition) is 4. The molecule has 0 aliphatic carbocycles. The predicted octanol–water partition coefficient (Wildman–Crippen LogP) is 4.91. The molecule has 0 aliphatic rings. The van der Waals surface area contributed by atoms with E-state index in [2.05, 4.69) is 11.4 Å². The summed E-state index contributed by atoms with van der Waals surface area (Å²) in [5.41, 5.74) is 1.03. The van der Waals surface area contributed by atoms with E-state index in [-0.39, 0.29) is 12.5 Å². The molecule has 3 nitrogen and oxygen atoms in total. The highest BCUT2D eigenvalue weighted by Gasteiger charge is 2.13. The Balaban J connectivity index is 1.47. The number of carbonyl (C=O) groups is 1. The number of aliphatic hydroxyl groups excluding tert-OH is 1. The topological polar surface area (TPSA) is 49.3 Å². The Kier molecular flexibility index (Phi) is 6.26. The fraction of sp³-hybridized carbons (Fsp3) is 0.211. The van der Waals surface area contributed by atoms with Gasteiger partial charge in [0.05, 0.1) is 0 Å². The van der Waals surface area contributed by atoms with Crippen molar-refractivity contribution in [3.8, 4) is 9.75 Å². The summed E-state index contributed by atoms with van der Waals surface area (Å²) in [5.74, 6) is -0.0749. The average Bonchev–Trinajstić information content (AvgIpc) is 3.28. The number of rotatable bonds is 7. The van der Waals surface area contributed by atoms with Crippen molar-refractivity contribution in [2.24, 2.45) is 0 Å². The van der Waals surface area contributed by atoms with Crippen molar-refractivity contribution in [2.45, 2.75) is 18.9 Å². The number of carbonyl (C=O) groups excluding carboxylic acids is 1. The molecule has 0 bridgehead atoms. The lowest BCUT2D eigenvalue weighted by atomic mass is 10.1. The van der Waals surface area contributed by atoms with Gasteiger partial charge in [-0.05, 0) is 47.7 Å². The third-order valence-electron chi connectivity index (χ3n) is 3.74. The van der Waals surface area contributed by atoms with Crippen molar-refractivity contribution in [1.29, 1.82) is 0 Å². The molecule has 6 heteroatoms. The summed E-state index contributed by atoms with van der Waals surface area (Å²) in [6.07, 6.45) is 0.316.